The highest BCUT2D eigenvalue weighted by molar-refractivity contribution is 7.80. The van der Waals surface area contributed by atoms with Crippen molar-refractivity contribution < 1.29 is 22.7 Å². The van der Waals surface area contributed by atoms with Crippen LogP contribution in [0, 0.1) is 0 Å². The summed E-state index contributed by atoms with van der Waals surface area (Å²) in [4.78, 5) is 26.3. The van der Waals surface area contributed by atoms with Gasteiger partial charge in [0.15, 0.2) is 11.1 Å². The molecule has 28 heavy (non-hydrogen) atoms. The Kier molecular flexibility index (Phi) is 9.37. The lowest BCUT2D eigenvalue weighted by atomic mass is 10.1. The van der Waals surface area contributed by atoms with E-state index in [1.165, 1.54) is 0 Å². The molecule has 1 atom stereocenters. The van der Waals surface area contributed by atoms with Crippen LogP contribution in [-0.2, 0) is 36.0 Å². The minimum atomic E-state index is -1.72. The van der Waals surface area contributed by atoms with E-state index >= 15 is 0 Å². The minimum absolute atomic E-state index is 0.107. The van der Waals surface area contributed by atoms with Gasteiger partial charge in [0.05, 0.1) is 17.9 Å². The Morgan fingerprint density at radius 1 is 0.964 bits per heavy atom. The molecule has 0 aliphatic rings. The summed E-state index contributed by atoms with van der Waals surface area (Å²) in [5.41, 5.74) is 1.09. The van der Waals surface area contributed by atoms with Gasteiger partial charge in [0.25, 0.3) is 0 Å². The number of hydrogen-bond acceptors (Lipinski definition) is 5. The molecule has 0 aliphatic carbocycles. The average Bonchev–Trinajstić information content (AvgIpc) is 2.73. The van der Waals surface area contributed by atoms with Crippen molar-refractivity contribution in [3.8, 4) is 0 Å². The number of benzene rings is 2. The van der Waals surface area contributed by atoms with Crippen LogP contribution in [0.5, 0.6) is 0 Å². The fourth-order valence-corrected chi connectivity index (χ4v) is 3.25. The summed E-state index contributed by atoms with van der Waals surface area (Å²) in [6.07, 6.45) is 0.757. The van der Waals surface area contributed by atoms with Crippen LogP contribution in [0.3, 0.4) is 0 Å². The lowest BCUT2D eigenvalue weighted by Crippen LogP contribution is -2.37. The summed E-state index contributed by atoms with van der Waals surface area (Å²) >= 11 is -1.72. The molecule has 0 spiro atoms. The number of carbonyl (C=O) groups is 2. The highest BCUT2D eigenvalue weighted by atomic mass is 32.2. The molecule has 0 bridgehead atoms. The molecule has 1 amide bonds. The average molecular weight is 404 g/mol. The molecule has 0 saturated heterocycles. The topological polar surface area (TPSA) is 72.9 Å². The Labute approximate surface area is 168 Å². The number of esters is 1. The summed E-state index contributed by atoms with van der Waals surface area (Å²) in [7, 11) is 0. The molecule has 7 heteroatoms. The van der Waals surface area contributed by atoms with Crippen molar-refractivity contribution in [3.63, 3.8) is 0 Å². The van der Waals surface area contributed by atoms with Crippen molar-refractivity contribution in [2.45, 2.75) is 24.7 Å². The summed E-state index contributed by atoms with van der Waals surface area (Å²) in [5.74, 6) is -0.668. The maximum absolute atomic E-state index is 12.6. The third kappa shape index (κ3) is 7.62. The molecule has 1 unspecified atom stereocenters. The van der Waals surface area contributed by atoms with E-state index < -0.39 is 11.1 Å². The van der Waals surface area contributed by atoms with Crippen LogP contribution in [0.25, 0.3) is 0 Å². The molecule has 0 N–H and O–H groups in total. The van der Waals surface area contributed by atoms with Crippen molar-refractivity contribution in [1.29, 1.82) is 0 Å². The van der Waals surface area contributed by atoms with Gasteiger partial charge in [0.2, 0.25) is 5.91 Å². The van der Waals surface area contributed by atoms with Gasteiger partial charge < -0.3 is 9.64 Å². The maximum atomic E-state index is 12.6. The van der Waals surface area contributed by atoms with Gasteiger partial charge in [-0.05, 0) is 31.0 Å². The predicted molar refractivity (Wildman–Crippen MR) is 107 cm³/mol. The molecule has 0 aliphatic heterocycles. The first-order chi connectivity index (χ1) is 13.6. The van der Waals surface area contributed by atoms with Crippen molar-refractivity contribution in [3.05, 3.63) is 66.2 Å². The van der Waals surface area contributed by atoms with E-state index in [1.54, 1.807) is 36.1 Å². The molecule has 0 saturated carbocycles. The second-order valence-electron chi connectivity index (χ2n) is 5.98. The van der Waals surface area contributed by atoms with Gasteiger partial charge in [-0.25, -0.2) is 4.21 Å². The Bertz CT molecular complexity index is 767. The quantitative estimate of drug-likeness (QED) is 0.540. The Balaban J connectivity index is 1.92. The van der Waals surface area contributed by atoms with Gasteiger partial charge >= 0.3 is 5.97 Å². The smallest absolute Gasteiger partial charge is 0.307 e. The van der Waals surface area contributed by atoms with Crippen LogP contribution in [0.2, 0.25) is 0 Å². The van der Waals surface area contributed by atoms with Crippen LogP contribution in [-0.4, -0.2) is 47.3 Å². The number of rotatable bonds is 11. The third-order valence-electron chi connectivity index (χ3n) is 3.98. The van der Waals surface area contributed by atoms with Gasteiger partial charge in [-0.2, -0.15) is 0 Å². The molecule has 6 nitrogen and oxygen atoms in total. The zero-order chi connectivity index (χ0) is 20.2. The summed E-state index contributed by atoms with van der Waals surface area (Å²) in [6, 6.07) is 18.4. The highest BCUT2D eigenvalue weighted by Gasteiger charge is 2.17. The lowest BCUT2D eigenvalue weighted by molar-refractivity contribution is -0.144. The molecular weight excluding hydrogens is 378 g/mol. The zero-order valence-electron chi connectivity index (χ0n) is 15.9. The SMILES string of the molecule is CCOC(=O)CCN(CCc1ccccc1)C(=O)COS(=O)c1ccccc1. The summed E-state index contributed by atoms with van der Waals surface area (Å²) in [6.45, 7) is 2.38. The number of ether oxygens (including phenoxy) is 1. The van der Waals surface area contributed by atoms with Crippen LogP contribution >= 0.6 is 0 Å². The summed E-state index contributed by atoms with van der Waals surface area (Å²) in [5, 5.41) is 0. The number of hydrogen-bond donors (Lipinski definition) is 0. The Morgan fingerprint density at radius 3 is 2.25 bits per heavy atom. The molecule has 0 fully saturated rings. The second kappa shape index (κ2) is 12.0. The van der Waals surface area contributed by atoms with Crippen LogP contribution in [0.1, 0.15) is 18.9 Å². The van der Waals surface area contributed by atoms with Gasteiger partial charge in [-0.1, -0.05) is 48.5 Å². The molecule has 2 rings (SSSR count). The van der Waals surface area contributed by atoms with E-state index in [2.05, 4.69) is 0 Å². The first kappa shape index (κ1) is 21.8. The van der Waals surface area contributed by atoms with Crippen LogP contribution in [0.4, 0.5) is 0 Å². The largest absolute Gasteiger partial charge is 0.466 e. The minimum Gasteiger partial charge on any atom is -0.466 e. The number of nitrogens with zero attached hydrogens (tertiary/aromatic N) is 1. The maximum Gasteiger partial charge on any atom is 0.307 e. The van der Waals surface area contributed by atoms with E-state index in [4.69, 9.17) is 8.92 Å². The molecule has 2 aromatic carbocycles. The molecule has 150 valence electrons. The molecule has 0 radical (unpaired) electrons. The Morgan fingerprint density at radius 2 is 1.61 bits per heavy atom. The molecule has 2 aromatic rings. The van der Waals surface area contributed by atoms with Crippen molar-refractivity contribution >= 4 is 23.0 Å². The van der Waals surface area contributed by atoms with Crippen LogP contribution < -0.4 is 0 Å². The first-order valence-corrected chi connectivity index (χ1v) is 10.2. The second-order valence-corrected chi connectivity index (χ2v) is 7.16. The standard InChI is InChI=1S/C21H25NO5S/c1-2-26-21(24)14-16-22(15-13-18-9-5-3-6-10-18)20(23)17-27-28(25)19-11-7-4-8-12-19/h3-12H,2,13-17H2,1H3. The van der Waals surface area contributed by atoms with E-state index in [-0.39, 0.29) is 31.4 Å². The van der Waals surface area contributed by atoms with E-state index in [1.807, 2.05) is 36.4 Å². The first-order valence-electron chi connectivity index (χ1n) is 9.17. The van der Waals surface area contributed by atoms with Crippen LogP contribution in [0.15, 0.2) is 65.6 Å². The van der Waals surface area contributed by atoms with Gasteiger partial charge in [-0.15, -0.1) is 0 Å². The molecule has 0 aromatic heterocycles. The van der Waals surface area contributed by atoms with Gasteiger partial charge in [0, 0.05) is 13.1 Å². The Hall–Kier alpha value is -2.51. The number of amides is 1. The molecular formula is C21H25NO5S. The summed E-state index contributed by atoms with van der Waals surface area (Å²) < 4.78 is 22.3. The van der Waals surface area contributed by atoms with Crippen molar-refractivity contribution in [2.24, 2.45) is 0 Å². The van der Waals surface area contributed by atoms with Gasteiger partial charge in [0.1, 0.15) is 6.61 Å². The number of carbonyl (C=O) groups excluding carboxylic acids is 2. The molecule has 0 heterocycles. The van der Waals surface area contributed by atoms with Crippen molar-refractivity contribution in [1.82, 2.24) is 4.90 Å². The zero-order valence-corrected chi connectivity index (χ0v) is 16.7. The highest BCUT2D eigenvalue weighted by Crippen LogP contribution is 2.08. The van der Waals surface area contributed by atoms with E-state index in [0.717, 1.165) is 5.56 Å². The van der Waals surface area contributed by atoms with E-state index in [0.29, 0.717) is 24.5 Å². The third-order valence-corrected chi connectivity index (χ3v) is 4.97. The lowest BCUT2D eigenvalue weighted by Gasteiger charge is -2.22. The fourth-order valence-electron chi connectivity index (χ4n) is 2.52. The van der Waals surface area contributed by atoms with Crippen molar-refractivity contribution in [2.75, 3.05) is 26.3 Å². The van der Waals surface area contributed by atoms with Gasteiger partial charge in [-0.3, -0.25) is 13.8 Å². The monoisotopic (exact) mass is 403 g/mol. The fraction of sp³-hybridized carbons (Fsp3) is 0.333. The van der Waals surface area contributed by atoms with E-state index in [9.17, 15) is 13.8 Å². The normalized spacial score (nSPS) is 11.6. The predicted octanol–water partition coefficient (Wildman–Crippen LogP) is 2.75.